The molecule has 1 heterocycles. The molecule has 0 aliphatic heterocycles. The highest BCUT2D eigenvalue weighted by Gasteiger charge is 2.31. The van der Waals surface area contributed by atoms with Gasteiger partial charge >= 0.3 is 6.18 Å². The first kappa shape index (κ1) is 15.8. The van der Waals surface area contributed by atoms with Gasteiger partial charge in [-0.15, -0.1) is 0 Å². The van der Waals surface area contributed by atoms with Gasteiger partial charge in [-0.1, -0.05) is 13.0 Å². The van der Waals surface area contributed by atoms with Crippen LogP contribution in [-0.4, -0.2) is 30.3 Å². The molecule has 108 valence electrons. The molecule has 1 rings (SSSR count). The fraction of sp³-hybridized carbons (Fsp3) is 0.615. The van der Waals surface area contributed by atoms with Crippen LogP contribution in [0, 0.1) is 0 Å². The molecule has 1 aromatic heterocycles. The van der Waals surface area contributed by atoms with Crippen LogP contribution in [0.1, 0.15) is 25.8 Å². The quantitative estimate of drug-likeness (QED) is 0.868. The van der Waals surface area contributed by atoms with Gasteiger partial charge in [0.15, 0.2) is 0 Å². The standard InChI is InChI=1S/C13H20F3N3/c1-3-11(17)8-10-6-5-7-18-12(10)19(4-2)9-13(14,15)16/h5-7,11H,3-4,8-9,17H2,1-2H3. The minimum absolute atomic E-state index is 0.0625. The van der Waals surface area contributed by atoms with E-state index in [4.69, 9.17) is 5.73 Å². The maximum Gasteiger partial charge on any atom is 0.405 e. The van der Waals surface area contributed by atoms with E-state index in [0.717, 1.165) is 12.0 Å². The largest absolute Gasteiger partial charge is 0.405 e. The first-order chi connectivity index (χ1) is 8.87. The topological polar surface area (TPSA) is 42.1 Å². The molecule has 0 saturated heterocycles. The van der Waals surface area contributed by atoms with E-state index in [1.165, 1.54) is 11.1 Å². The van der Waals surface area contributed by atoms with Crippen LogP contribution >= 0.6 is 0 Å². The number of hydrogen-bond acceptors (Lipinski definition) is 3. The molecule has 0 saturated carbocycles. The summed E-state index contributed by atoms with van der Waals surface area (Å²) in [6.45, 7) is 2.90. The summed E-state index contributed by atoms with van der Waals surface area (Å²) in [5, 5.41) is 0. The summed E-state index contributed by atoms with van der Waals surface area (Å²) in [5.74, 6) is 0.381. The zero-order chi connectivity index (χ0) is 14.5. The third kappa shape index (κ3) is 5.06. The van der Waals surface area contributed by atoms with Crippen molar-refractivity contribution < 1.29 is 13.2 Å². The monoisotopic (exact) mass is 275 g/mol. The van der Waals surface area contributed by atoms with Gasteiger partial charge in [0.25, 0.3) is 0 Å². The number of rotatable bonds is 6. The van der Waals surface area contributed by atoms with E-state index in [1.807, 2.05) is 6.92 Å². The second-order valence-electron chi connectivity index (χ2n) is 4.49. The van der Waals surface area contributed by atoms with Crippen LogP contribution in [0.15, 0.2) is 18.3 Å². The van der Waals surface area contributed by atoms with Crippen molar-refractivity contribution in [3.8, 4) is 0 Å². The van der Waals surface area contributed by atoms with E-state index >= 15 is 0 Å². The van der Waals surface area contributed by atoms with Gasteiger partial charge in [0.2, 0.25) is 0 Å². The minimum atomic E-state index is -4.24. The Bertz CT molecular complexity index is 393. The van der Waals surface area contributed by atoms with E-state index in [1.54, 1.807) is 19.1 Å². The van der Waals surface area contributed by atoms with Crippen LogP contribution in [-0.2, 0) is 6.42 Å². The number of nitrogens with zero attached hydrogens (tertiary/aromatic N) is 2. The molecule has 19 heavy (non-hydrogen) atoms. The molecular formula is C13H20F3N3. The summed E-state index contributed by atoms with van der Waals surface area (Å²) < 4.78 is 37.6. The third-order valence-corrected chi connectivity index (χ3v) is 2.93. The minimum Gasteiger partial charge on any atom is -0.348 e. The summed E-state index contributed by atoms with van der Waals surface area (Å²) in [6.07, 6.45) is -1.42. The Kier molecular flexibility index (Phi) is 5.60. The van der Waals surface area contributed by atoms with Crippen LogP contribution < -0.4 is 10.6 Å². The maximum absolute atomic E-state index is 12.5. The predicted octanol–water partition coefficient (Wildman–Crippen LogP) is 2.75. The van der Waals surface area contributed by atoms with Crippen molar-refractivity contribution in [2.75, 3.05) is 18.0 Å². The summed E-state index contributed by atoms with van der Waals surface area (Å²) in [7, 11) is 0. The van der Waals surface area contributed by atoms with E-state index in [2.05, 4.69) is 4.98 Å². The van der Waals surface area contributed by atoms with Crippen molar-refractivity contribution in [1.29, 1.82) is 0 Å². The summed E-state index contributed by atoms with van der Waals surface area (Å²) in [4.78, 5) is 5.33. The van der Waals surface area contributed by atoms with Crippen LogP contribution in [0.3, 0.4) is 0 Å². The number of alkyl halides is 3. The molecule has 0 amide bonds. The fourth-order valence-corrected chi connectivity index (χ4v) is 1.85. The Hall–Kier alpha value is -1.30. The van der Waals surface area contributed by atoms with Gasteiger partial charge in [0.05, 0.1) is 0 Å². The SMILES string of the molecule is CCC(N)Cc1cccnc1N(CC)CC(F)(F)F. The lowest BCUT2D eigenvalue weighted by Gasteiger charge is -2.26. The fourth-order valence-electron chi connectivity index (χ4n) is 1.85. The molecule has 0 bridgehead atoms. The van der Waals surface area contributed by atoms with Crippen LogP contribution in [0.5, 0.6) is 0 Å². The lowest BCUT2D eigenvalue weighted by molar-refractivity contribution is -0.119. The van der Waals surface area contributed by atoms with Crippen molar-refractivity contribution in [3.63, 3.8) is 0 Å². The van der Waals surface area contributed by atoms with Gasteiger partial charge < -0.3 is 10.6 Å². The highest BCUT2D eigenvalue weighted by atomic mass is 19.4. The number of hydrogen-bond donors (Lipinski definition) is 1. The molecule has 0 spiro atoms. The average molecular weight is 275 g/mol. The Balaban J connectivity index is 2.96. The van der Waals surface area contributed by atoms with Crippen LogP contribution in [0.2, 0.25) is 0 Å². The van der Waals surface area contributed by atoms with Crippen molar-refractivity contribution in [2.24, 2.45) is 5.73 Å². The Morgan fingerprint density at radius 2 is 2.05 bits per heavy atom. The summed E-state index contributed by atoms with van der Waals surface area (Å²) in [5.41, 5.74) is 6.64. The Morgan fingerprint density at radius 3 is 2.58 bits per heavy atom. The smallest absolute Gasteiger partial charge is 0.348 e. The van der Waals surface area contributed by atoms with Crippen LogP contribution in [0.4, 0.5) is 19.0 Å². The molecule has 2 N–H and O–H groups in total. The van der Waals surface area contributed by atoms with Gasteiger partial charge in [-0.3, -0.25) is 0 Å². The number of pyridine rings is 1. The molecule has 3 nitrogen and oxygen atoms in total. The molecule has 1 atom stereocenters. The van der Waals surface area contributed by atoms with Crippen LogP contribution in [0.25, 0.3) is 0 Å². The van der Waals surface area contributed by atoms with Crippen molar-refractivity contribution in [3.05, 3.63) is 23.9 Å². The van der Waals surface area contributed by atoms with Gasteiger partial charge in [0.1, 0.15) is 12.4 Å². The van der Waals surface area contributed by atoms with Gasteiger partial charge in [-0.2, -0.15) is 13.2 Å². The highest BCUT2D eigenvalue weighted by Crippen LogP contribution is 2.24. The number of aromatic nitrogens is 1. The number of halogens is 3. The summed E-state index contributed by atoms with van der Waals surface area (Å²) in [6, 6.07) is 3.45. The molecule has 0 fully saturated rings. The normalized spacial score (nSPS) is 13.4. The number of anilines is 1. The molecular weight excluding hydrogens is 255 g/mol. The third-order valence-electron chi connectivity index (χ3n) is 2.93. The highest BCUT2D eigenvalue weighted by molar-refractivity contribution is 5.47. The second-order valence-corrected chi connectivity index (χ2v) is 4.49. The maximum atomic E-state index is 12.5. The van der Waals surface area contributed by atoms with E-state index in [-0.39, 0.29) is 12.6 Å². The Morgan fingerprint density at radius 1 is 1.37 bits per heavy atom. The molecule has 6 heteroatoms. The van der Waals surface area contributed by atoms with Crippen molar-refractivity contribution in [2.45, 2.75) is 38.9 Å². The summed E-state index contributed by atoms with van der Waals surface area (Å²) >= 11 is 0. The van der Waals surface area contributed by atoms with Crippen molar-refractivity contribution >= 4 is 5.82 Å². The van der Waals surface area contributed by atoms with E-state index < -0.39 is 12.7 Å². The van der Waals surface area contributed by atoms with E-state index in [9.17, 15) is 13.2 Å². The first-order valence-corrected chi connectivity index (χ1v) is 6.38. The first-order valence-electron chi connectivity index (χ1n) is 6.38. The molecule has 0 aliphatic rings. The second kappa shape index (κ2) is 6.75. The van der Waals surface area contributed by atoms with E-state index in [0.29, 0.717) is 12.2 Å². The zero-order valence-electron chi connectivity index (χ0n) is 11.2. The van der Waals surface area contributed by atoms with Crippen molar-refractivity contribution in [1.82, 2.24) is 4.98 Å². The van der Waals surface area contributed by atoms with Gasteiger partial charge in [0, 0.05) is 18.8 Å². The molecule has 1 aromatic rings. The average Bonchev–Trinajstić information content (AvgIpc) is 2.35. The molecule has 0 radical (unpaired) electrons. The number of nitrogens with two attached hydrogens (primary N) is 1. The Labute approximate surface area is 111 Å². The van der Waals surface area contributed by atoms with Gasteiger partial charge in [-0.25, -0.2) is 4.98 Å². The lowest BCUT2D eigenvalue weighted by atomic mass is 10.1. The molecule has 1 unspecified atom stereocenters. The predicted molar refractivity (Wildman–Crippen MR) is 70.1 cm³/mol. The lowest BCUT2D eigenvalue weighted by Crippen LogP contribution is -2.35. The zero-order valence-corrected chi connectivity index (χ0v) is 11.2. The molecule has 0 aromatic carbocycles. The molecule has 0 aliphatic carbocycles. The van der Waals surface area contributed by atoms with Gasteiger partial charge in [-0.05, 0) is 31.4 Å².